The number of hydrogen-bond donors (Lipinski definition) is 1. The number of anilines is 1. The van der Waals surface area contributed by atoms with Gasteiger partial charge in [0.25, 0.3) is 10.0 Å². The highest BCUT2D eigenvalue weighted by atomic mass is 35.5. The highest BCUT2D eigenvalue weighted by Gasteiger charge is 2.34. The molecule has 30 heavy (non-hydrogen) atoms. The van der Waals surface area contributed by atoms with Crippen molar-refractivity contribution in [3.05, 3.63) is 63.4 Å². The Kier molecular flexibility index (Phi) is 6.54. The molecule has 0 spiro atoms. The molecule has 1 atom stereocenters. The second kappa shape index (κ2) is 9.15. The first-order valence-electron chi connectivity index (χ1n) is 9.45. The molecule has 2 aromatic heterocycles. The number of thiophene rings is 1. The van der Waals surface area contributed by atoms with Gasteiger partial charge in [0.15, 0.2) is 5.13 Å². The van der Waals surface area contributed by atoms with E-state index in [0.717, 1.165) is 10.4 Å². The van der Waals surface area contributed by atoms with Gasteiger partial charge in [-0.3, -0.25) is 4.79 Å². The fourth-order valence-corrected chi connectivity index (χ4v) is 7.15. The maximum atomic E-state index is 12.8. The van der Waals surface area contributed by atoms with Gasteiger partial charge in [-0.25, -0.2) is 13.4 Å². The van der Waals surface area contributed by atoms with Crippen LogP contribution in [0.2, 0.25) is 5.02 Å². The van der Waals surface area contributed by atoms with Crippen molar-refractivity contribution in [1.29, 1.82) is 0 Å². The SMILES string of the molecule is O=C(Nc1ncc(Cc2cccc(Cl)c2)s1)C1CCCN(S(=O)(=O)c2cccs2)C1. The number of halogens is 1. The quantitative estimate of drug-likeness (QED) is 0.562. The first-order chi connectivity index (χ1) is 14.4. The summed E-state index contributed by atoms with van der Waals surface area (Å²) in [7, 11) is -3.54. The van der Waals surface area contributed by atoms with Crippen molar-refractivity contribution in [3.8, 4) is 0 Å². The molecule has 1 fully saturated rings. The largest absolute Gasteiger partial charge is 0.302 e. The number of hydrogen-bond acceptors (Lipinski definition) is 6. The lowest BCUT2D eigenvalue weighted by molar-refractivity contribution is -0.120. The number of rotatable bonds is 6. The molecule has 3 heterocycles. The van der Waals surface area contributed by atoms with E-state index in [1.54, 1.807) is 23.7 Å². The van der Waals surface area contributed by atoms with Crippen LogP contribution >= 0.6 is 34.3 Å². The number of nitrogens with one attached hydrogen (secondary N) is 1. The topological polar surface area (TPSA) is 79.4 Å². The molecular formula is C20H20ClN3O3S3. The minimum absolute atomic E-state index is 0.187. The van der Waals surface area contributed by atoms with E-state index < -0.39 is 15.9 Å². The van der Waals surface area contributed by atoms with Crippen LogP contribution in [-0.4, -0.2) is 36.7 Å². The monoisotopic (exact) mass is 481 g/mol. The number of sulfonamides is 1. The number of benzene rings is 1. The molecule has 1 aliphatic rings. The fraction of sp³-hybridized carbons (Fsp3) is 0.300. The Labute approximate surface area is 188 Å². The van der Waals surface area contributed by atoms with Crippen molar-refractivity contribution in [1.82, 2.24) is 9.29 Å². The summed E-state index contributed by atoms with van der Waals surface area (Å²) >= 11 is 8.64. The zero-order valence-corrected chi connectivity index (χ0v) is 19.2. The second-order valence-corrected chi connectivity index (χ2v) is 11.7. The summed E-state index contributed by atoms with van der Waals surface area (Å²) < 4.78 is 27.3. The van der Waals surface area contributed by atoms with E-state index in [9.17, 15) is 13.2 Å². The Balaban J connectivity index is 1.39. The highest BCUT2D eigenvalue weighted by Crippen LogP contribution is 2.28. The molecule has 0 bridgehead atoms. The van der Waals surface area contributed by atoms with E-state index in [0.29, 0.717) is 40.2 Å². The molecule has 10 heteroatoms. The van der Waals surface area contributed by atoms with E-state index >= 15 is 0 Å². The highest BCUT2D eigenvalue weighted by molar-refractivity contribution is 7.91. The summed E-state index contributed by atoms with van der Waals surface area (Å²) in [4.78, 5) is 18.1. The van der Waals surface area contributed by atoms with Crippen molar-refractivity contribution in [3.63, 3.8) is 0 Å². The van der Waals surface area contributed by atoms with Crippen LogP contribution in [0.1, 0.15) is 23.3 Å². The molecule has 6 nitrogen and oxygen atoms in total. The Hall–Kier alpha value is -1.78. The standard InChI is InChI=1S/C20H20ClN3O3S3/c21-16-6-1-4-14(10-16)11-17-12-22-20(29-17)23-19(25)15-5-2-8-24(13-15)30(26,27)18-7-3-9-28-18/h1,3-4,6-7,9-10,12,15H,2,5,8,11,13H2,(H,22,23,25). The molecule has 3 aromatic rings. The van der Waals surface area contributed by atoms with Crippen LogP contribution in [0.4, 0.5) is 5.13 Å². The van der Waals surface area contributed by atoms with Crippen LogP contribution < -0.4 is 5.32 Å². The van der Waals surface area contributed by atoms with Crippen LogP contribution in [0.15, 0.2) is 52.2 Å². The molecular weight excluding hydrogens is 462 g/mol. The number of carbonyl (C=O) groups excluding carboxylic acids is 1. The van der Waals surface area contributed by atoms with E-state index in [2.05, 4.69) is 10.3 Å². The van der Waals surface area contributed by atoms with E-state index in [1.165, 1.54) is 27.0 Å². The Morgan fingerprint density at radius 3 is 2.93 bits per heavy atom. The van der Waals surface area contributed by atoms with Gasteiger partial charge in [0.1, 0.15) is 4.21 Å². The molecule has 1 amide bonds. The van der Waals surface area contributed by atoms with Crippen LogP contribution in [0.5, 0.6) is 0 Å². The van der Waals surface area contributed by atoms with Crippen molar-refractivity contribution < 1.29 is 13.2 Å². The first kappa shape index (κ1) is 21.5. The Morgan fingerprint density at radius 1 is 1.30 bits per heavy atom. The number of amides is 1. The molecule has 0 aliphatic carbocycles. The van der Waals surface area contributed by atoms with Gasteiger partial charge >= 0.3 is 0 Å². The Morgan fingerprint density at radius 2 is 2.17 bits per heavy atom. The number of piperidine rings is 1. The van der Waals surface area contributed by atoms with E-state index in [4.69, 9.17) is 11.6 Å². The predicted octanol–water partition coefficient (Wildman–Crippen LogP) is 4.49. The summed E-state index contributed by atoms with van der Waals surface area (Å²) in [6, 6.07) is 10.9. The molecule has 1 saturated heterocycles. The summed E-state index contributed by atoms with van der Waals surface area (Å²) in [6.07, 6.45) is 3.74. The van der Waals surface area contributed by atoms with Crippen LogP contribution in [0.25, 0.3) is 0 Å². The minimum atomic E-state index is -3.54. The van der Waals surface area contributed by atoms with Gasteiger partial charge in [-0.15, -0.1) is 22.7 Å². The molecule has 1 N–H and O–H groups in total. The summed E-state index contributed by atoms with van der Waals surface area (Å²) in [5.41, 5.74) is 1.07. The van der Waals surface area contributed by atoms with E-state index in [-0.39, 0.29) is 12.5 Å². The molecule has 1 aromatic carbocycles. The van der Waals surface area contributed by atoms with Crippen LogP contribution in [-0.2, 0) is 21.2 Å². The lowest BCUT2D eigenvalue weighted by Crippen LogP contribution is -2.43. The summed E-state index contributed by atoms with van der Waals surface area (Å²) in [6.45, 7) is 0.623. The van der Waals surface area contributed by atoms with Crippen molar-refractivity contribution in [2.75, 3.05) is 18.4 Å². The van der Waals surface area contributed by atoms with Gasteiger partial charge in [0.05, 0.1) is 5.92 Å². The molecule has 4 rings (SSSR count). The van der Waals surface area contributed by atoms with Gasteiger partial charge in [-0.2, -0.15) is 4.31 Å². The van der Waals surface area contributed by atoms with Gasteiger partial charge < -0.3 is 5.32 Å². The molecule has 1 unspecified atom stereocenters. The van der Waals surface area contributed by atoms with E-state index in [1.807, 2.05) is 24.3 Å². The first-order valence-corrected chi connectivity index (χ1v) is 13.0. The third-order valence-corrected chi connectivity index (χ3v) is 9.28. The molecule has 158 valence electrons. The number of thiazole rings is 1. The minimum Gasteiger partial charge on any atom is -0.302 e. The van der Waals surface area contributed by atoms with Gasteiger partial charge in [-0.05, 0) is 42.0 Å². The lowest BCUT2D eigenvalue weighted by Gasteiger charge is -2.30. The summed E-state index contributed by atoms with van der Waals surface area (Å²) in [5, 5.41) is 5.81. The van der Waals surface area contributed by atoms with Crippen LogP contribution in [0, 0.1) is 5.92 Å². The average molecular weight is 482 g/mol. The third kappa shape index (κ3) is 4.92. The normalized spacial score (nSPS) is 17.7. The fourth-order valence-electron chi connectivity index (χ4n) is 3.41. The van der Waals surface area contributed by atoms with Crippen molar-refractivity contribution in [2.24, 2.45) is 5.92 Å². The zero-order valence-electron chi connectivity index (χ0n) is 16.0. The van der Waals surface area contributed by atoms with Crippen molar-refractivity contribution in [2.45, 2.75) is 23.5 Å². The summed E-state index contributed by atoms with van der Waals surface area (Å²) in [5.74, 6) is -0.585. The van der Waals surface area contributed by atoms with Gasteiger partial charge in [0.2, 0.25) is 5.91 Å². The average Bonchev–Trinajstić information content (AvgIpc) is 3.41. The third-order valence-electron chi connectivity index (χ3n) is 4.90. The predicted molar refractivity (Wildman–Crippen MR) is 121 cm³/mol. The van der Waals surface area contributed by atoms with Crippen molar-refractivity contribution >= 4 is 55.3 Å². The lowest BCUT2D eigenvalue weighted by atomic mass is 9.99. The van der Waals surface area contributed by atoms with Gasteiger partial charge in [0, 0.05) is 35.6 Å². The maximum absolute atomic E-state index is 12.8. The Bertz CT molecular complexity index is 1130. The smallest absolute Gasteiger partial charge is 0.252 e. The number of carbonyl (C=O) groups is 1. The second-order valence-electron chi connectivity index (χ2n) is 7.06. The molecule has 0 saturated carbocycles. The van der Waals surface area contributed by atoms with Gasteiger partial charge in [-0.1, -0.05) is 29.8 Å². The number of aromatic nitrogens is 1. The molecule has 1 aliphatic heterocycles. The maximum Gasteiger partial charge on any atom is 0.252 e. The molecule has 0 radical (unpaired) electrons. The number of nitrogens with zero attached hydrogens (tertiary/aromatic N) is 2. The van der Waals surface area contributed by atoms with Crippen LogP contribution in [0.3, 0.4) is 0 Å². The zero-order chi connectivity index (χ0) is 21.1.